The topological polar surface area (TPSA) is 9.23 Å². The molecule has 0 amide bonds. The van der Waals surface area contributed by atoms with Crippen LogP contribution in [-0.2, 0) is 4.74 Å². The van der Waals surface area contributed by atoms with Crippen LogP contribution in [0.5, 0.6) is 0 Å². The lowest BCUT2D eigenvalue weighted by Gasteiger charge is -2.46. The van der Waals surface area contributed by atoms with Crippen molar-refractivity contribution in [1.29, 1.82) is 0 Å². The summed E-state index contributed by atoms with van der Waals surface area (Å²) in [5.74, 6) is 2.01. The van der Waals surface area contributed by atoms with Gasteiger partial charge in [0.15, 0.2) is 0 Å². The molecule has 3 saturated carbocycles. The van der Waals surface area contributed by atoms with Crippen LogP contribution in [0.1, 0.15) is 46.0 Å². The molecule has 0 spiro atoms. The van der Waals surface area contributed by atoms with E-state index in [1.165, 1.54) is 32.1 Å². The first-order valence-corrected chi connectivity index (χ1v) is 6.14. The van der Waals surface area contributed by atoms with Crippen molar-refractivity contribution >= 4 is 0 Å². The van der Waals surface area contributed by atoms with Gasteiger partial charge in [-0.2, -0.15) is 0 Å². The van der Waals surface area contributed by atoms with Crippen molar-refractivity contribution < 1.29 is 4.74 Å². The molecule has 3 aliphatic rings. The molecule has 0 aromatic carbocycles. The summed E-state index contributed by atoms with van der Waals surface area (Å²) >= 11 is 0. The number of ether oxygens (including phenoxy) is 1. The van der Waals surface area contributed by atoms with E-state index in [0.29, 0.717) is 16.9 Å². The van der Waals surface area contributed by atoms with Gasteiger partial charge in [-0.3, -0.25) is 0 Å². The molecule has 0 N–H and O–H groups in total. The second-order valence-electron chi connectivity index (χ2n) is 6.25. The molecular formula is C13H22O. The molecule has 80 valence electrons. The third kappa shape index (κ3) is 0.778. The molecule has 1 heteroatoms. The van der Waals surface area contributed by atoms with E-state index in [-0.39, 0.29) is 0 Å². The highest BCUT2D eigenvalue weighted by Gasteiger charge is 2.67. The first kappa shape index (κ1) is 9.21. The maximum atomic E-state index is 5.75. The smallest absolute Gasteiger partial charge is 0.0632 e. The molecular weight excluding hydrogens is 172 g/mol. The molecule has 0 aromatic heterocycles. The second-order valence-corrected chi connectivity index (χ2v) is 6.25. The number of hydrogen-bond donors (Lipinski definition) is 0. The lowest BCUT2D eigenvalue weighted by Crippen LogP contribution is -2.44. The number of rotatable bonds is 1. The highest BCUT2D eigenvalue weighted by atomic mass is 16.5. The molecule has 0 heterocycles. The average molecular weight is 194 g/mol. The van der Waals surface area contributed by atoms with Gasteiger partial charge in [-0.05, 0) is 49.4 Å². The number of methoxy groups -OCH3 is 1. The van der Waals surface area contributed by atoms with Gasteiger partial charge < -0.3 is 4.74 Å². The van der Waals surface area contributed by atoms with Crippen LogP contribution >= 0.6 is 0 Å². The Balaban J connectivity index is 2.03. The van der Waals surface area contributed by atoms with Crippen LogP contribution in [0.4, 0.5) is 0 Å². The van der Waals surface area contributed by atoms with Crippen molar-refractivity contribution in [2.75, 3.05) is 7.11 Å². The molecule has 2 bridgehead atoms. The second kappa shape index (κ2) is 2.55. The van der Waals surface area contributed by atoms with Crippen LogP contribution in [-0.4, -0.2) is 13.2 Å². The predicted octanol–water partition coefficient (Wildman–Crippen LogP) is 3.24. The summed E-state index contributed by atoms with van der Waals surface area (Å²) in [6.07, 6.45) is 7.70. The van der Waals surface area contributed by atoms with Gasteiger partial charge in [0.1, 0.15) is 0 Å². The molecule has 0 radical (unpaired) electrons. The van der Waals surface area contributed by atoms with Gasteiger partial charge >= 0.3 is 0 Å². The summed E-state index contributed by atoms with van der Waals surface area (Å²) in [5, 5.41) is 0. The van der Waals surface area contributed by atoms with Crippen molar-refractivity contribution in [2.24, 2.45) is 22.7 Å². The Kier molecular flexibility index (Phi) is 1.68. The van der Waals surface area contributed by atoms with Gasteiger partial charge in [0, 0.05) is 12.5 Å². The van der Waals surface area contributed by atoms with E-state index in [9.17, 15) is 0 Å². The minimum atomic E-state index is 0.505. The van der Waals surface area contributed by atoms with Crippen LogP contribution < -0.4 is 0 Å². The largest absolute Gasteiger partial charge is 0.381 e. The lowest BCUT2D eigenvalue weighted by atomic mass is 9.60. The minimum Gasteiger partial charge on any atom is -0.381 e. The average Bonchev–Trinajstić information content (AvgIpc) is 2.73. The first-order chi connectivity index (χ1) is 6.62. The third-order valence-corrected chi connectivity index (χ3v) is 6.11. The number of fused-ring (bicyclic) bond motifs is 5. The van der Waals surface area contributed by atoms with Gasteiger partial charge in [-0.25, -0.2) is 0 Å². The van der Waals surface area contributed by atoms with Gasteiger partial charge in [0.05, 0.1) is 6.10 Å². The summed E-state index contributed by atoms with van der Waals surface area (Å²) in [6, 6.07) is 0. The monoisotopic (exact) mass is 194 g/mol. The highest BCUT2D eigenvalue weighted by Crippen LogP contribution is 2.72. The van der Waals surface area contributed by atoms with Crippen molar-refractivity contribution in [3.05, 3.63) is 0 Å². The quantitative estimate of drug-likeness (QED) is 0.622. The highest BCUT2D eigenvalue weighted by molar-refractivity contribution is 5.16. The van der Waals surface area contributed by atoms with E-state index < -0.39 is 0 Å². The third-order valence-electron chi connectivity index (χ3n) is 6.11. The van der Waals surface area contributed by atoms with Crippen molar-refractivity contribution in [3.8, 4) is 0 Å². The fourth-order valence-corrected chi connectivity index (χ4v) is 5.21. The zero-order valence-electron chi connectivity index (χ0n) is 9.68. The van der Waals surface area contributed by atoms with Gasteiger partial charge in [-0.15, -0.1) is 0 Å². The van der Waals surface area contributed by atoms with Gasteiger partial charge in [0.25, 0.3) is 0 Å². The molecule has 3 rings (SSSR count). The van der Waals surface area contributed by atoms with Crippen molar-refractivity contribution in [3.63, 3.8) is 0 Å². The minimum absolute atomic E-state index is 0.505. The van der Waals surface area contributed by atoms with Gasteiger partial charge in [0.2, 0.25) is 0 Å². The Morgan fingerprint density at radius 1 is 1.14 bits per heavy atom. The molecule has 5 unspecified atom stereocenters. The lowest BCUT2D eigenvalue weighted by molar-refractivity contribution is -0.0667. The van der Waals surface area contributed by atoms with Gasteiger partial charge in [-0.1, -0.05) is 13.8 Å². The Labute approximate surface area is 87.2 Å². The maximum absolute atomic E-state index is 5.75. The molecule has 0 saturated heterocycles. The molecule has 0 aromatic rings. The van der Waals surface area contributed by atoms with E-state index in [1.807, 2.05) is 7.11 Å². The van der Waals surface area contributed by atoms with Crippen LogP contribution in [0.15, 0.2) is 0 Å². The van der Waals surface area contributed by atoms with Crippen LogP contribution in [0.25, 0.3) is 0 Å². The number of hydrogen-bond acceptors (Lipinski definition) is 1. The first-order valence-electron chi connectivity index (χ1n) is 6.14. The Morgan fingerprint density at radius 3 is 2.64 bits per heavy atom. The van der Waals surface area contributed by atoms with E-state index in [0.717, 1.165) is 11.8 Å². The zero-order valence-corrected chi connectivity index (χ0v) is 9.68. The van der Waals surface area contributed by atoms with Crippen LogP contribution in [0.3, 0.4) is 0 Å². The van der Waals surface area contributed by atoms with E-state index in [1.54, 1.807) is 0 Å². The van der Waals surface area contributed by atoms with Crippen LogP contribution in [0.2, 0.25) is 0 Å². The zero-order chi connectivity index (χ0) is 9.97. The molecule has 5 atom stereocenters. The van der Waals surface area contributed by atoms with Crippen molar-refractivity contribution in [2.45, 2.75) is 52.1 Å². The molecule has 1 nitrogen and oxygen atoms in total. The predicted molar refractivity (Wildman–Crippen MR) is 57.1 cm³/mol. The summed E-state index contributed by atoms with van der Waals surface area (Å²) in [6.45, 7) is 5.03. The molecule has 0 aliphatic heterocycles. The molecule has 14 heavy (non-hydrogen) atoms. The van der Waals surface area contributed by atoms with E-state index in [2.05, 4.69) is 13.8 Å². The summed E-state index contributed by atoms with van der Waals surface area (Å²) in [7, 11) is 1.91. The molecule has 3 aliphatic carbocycles. The van der Waals surface area contributed by atoms with Crippen LogP contribution in [0, 0.1) is 22.7 Å². The fraction of sp³-hybridized carbons (Fsp3) is 1.00. The van der Waals surface area contributed by atoms with E-state index in [4.69, 9.17) is 4.74 Å². The Bertz CT molecular complexity index is 262. The van der Waals surface area contributed by atoms with Crippen molar-refractivity contribution in [1.82, 2.24) is 0 Å². The normalized spacial score (nSPS) is 60.6. The van der Waals surface area contributed by atoms with E-state index >= 15 is 0 Å². The molecule has 3 fully saturated rings. The fourth-order valence-electron chi connectivity index (χ4n) is 5.21. The summed E-state index contributed by atoms with van der Waals surface area (Å²) < 4.78 is 5.75. The summed E-state index contributed by atoms with van der Waals surface area (Å²) in [5.41, 5.74) is 1.10. The Morgan fingerprint density at radius 2 is 1.93 bits per heavy atom. The Hall–Kier alpha value is -0.0400. The standard InChI is InChI=1S/C13H22O/c1-12-7-6-9(8-12)10-4-5-11(14-3)13(10,12)2/h9-11H,4-8H2,1-3H3. The SMILES string of the molecule is COC1CCC2C3CCC(C)(C3)C12C. The summed E-state index contributed by atoms with van der Waals surface area (Å²) in [4.78, 5) is 0. The maximum Gasteiger partial charge on any atom is 0.0632 e.